The number of hydrogen-bond acceptors (Lipinski definition) is 1. The van der Waals surface area contributed by atoms with Crippen LogP contribution in [-0.4, -0.2) is 5.11 Å². The van der Waals surface area contributed by atoms with E-state index in [0.29, 0.717) is 5.56 Å². The summed E-state index contributed by atoms with van der Waals surface area (Å²) in [5, 5.41) is 10.2. The zero-order chi connectivity index (χ0) is 13.8. The van der Waals surface area contributed by atoms with Crippen molar-refractivity contribution in [2.75, 3.05) is 0 Å². The lowest BCUT2D eigenvalue weighted by Crippen LogP contribution is -2.03. The molecule has 0 spiro atoms. The van der Waals surface area contributed by atoms with Crippen LogP contribution < -0.4 is 0 Å². The van der Waals surface area contributed by atoms with Gasteiger partial charge in [0, 0.05) is 5.56 Å². The van der Waals surface area contributed by atoms with Crippen molar-refractivity contribution in [3.63, 3.8) is 0 Å². The van der Waals surface area contributed by atoms with Crippen molar-refractivity contribution >= 4 is 0 Å². The van der Waals surface area contributed by atoms with Crippen molar-refractivity contribution in [2.24, 2.45) is 0 Å². The molecule has 2 aromatic rings. The standard InChI is InChI=1S/C17H19FO/c1-3-4-13-6-8-14(9-7-13)17(19)15-10-5-12(2)11-16(15)18/h5-11,17,19H,3-4H2,1-2H3. The van der Waals surface area contributed by atoms with Gasteiger partial charge in [-0.2, -0.15) is 0 Å². The number of aliphatic hydroxyl groups is 1. The minimum atomic E-state index is -0.906. The van der Waals surface area contributed by atoms with Gasteiger partial charge in [0.05, 0.1) is 0 Å². The summed E-state index contributed by atoms with van der Waals surface area (Å²) >= 11 is 0. The number of hydrogen-bond donors (Lipinski definition) is 1. The fourth-order valence-electron chi connectivity index (χ4n) is 2.19. The summed E-state index contributed by atoms with van der Waals surface area (Å²) < 4.78 is 13.8. The molecule has 0 aromatic heterocycles. The van der Waals surface area contributed by atoms with Crippen LogP contribution in [0.3, 0.4) is 0 Å². The highest BCUT2D eigenvalue weighted by Gasteiger charge is 2.14. The van der Waals surface area contributed by atoms with Gasteiger partial charge in [0.2, 0.25) is 0 Å². The Labute approximate surface area is 113 Å². The Morgan fingerprint density at radius 3 is 2.37 bits per heavy atom. The summed E-state index contributed by atoms with van der Waals surface area (Å²) in [6.45, 7) is 3.96. The summed E-state index contributed by atoms with van der Waals surface area (Å²) in [6, 6.07) is 12.6. The minimum Gasteiger partial charge on any atom is -0.384 e. The highest BCUT2D eigenvalue weighted by Crippen LogP contribution is 2.25. The van der Waals surface area contributed by atoms with Gasteiger partial charge in [0.15, 0.2) is 0 Å². The average molecular weight is 258 g/mol. The maximum Gasteiger partial charge on any atom is 0.129 e. The predicted octanol–water partition coefficient (Wildman–Crippen LogP) is 4.17. The molecule has 2 aromatic carbocycles. The zero-order valence-corrected chi connectivity index (χ0v) is 11.4. The van der Waals surface area contributed by atoms with Crippen LogP contribution in [-0.2, 0) is 6.42 Å². The van der Waals surface area contributed by atoms with Crippen LogP contribution in [0.2, 0.25) is 0 Å². The van der Waals surface area contributed by atoms with Crippen LogP contribution in [0.4, 0.5) is 4.39 Å². The molecule has 1 atom stereocenters. The van der Waals surface area contributed by atoms with Crippen LogP contribution in [0.25, 0.3) is 0 Å². The number of halogens is 1. The lowest BCUT2D eigenvalue weighted by molar-refractivity contribution is 0.215. The van der Waals surface area contributed by atoms with Gasteiger partial charge in [0.25, 0.3) is 0 Å². The number of aliphatic hydroxyl groups excluding tert-OH is 1. The first-order valence-electron chi connectivity index (χ1n) is 6.64. The maximum atomic E-state index is 13.8. The van der Waals surface area contributed by atoms with E-state index in [4.69, 9.17) is 0 Å². The summed E-state index contributed by atoms with van der Waals surface area (Å²) in [5.74, 6) is -0.356. The lowest BCUT2D eigenvalue weighted by atomic mass is 9.98. The second kappa shape index (κ2) is 5.98. The second-order valence-corrected chi connectivity index (χ2v) is 4.92. The smallest absolute Gasteiger partial charge is 0.129 e. The largest absolute Gasteiger partial charge is 0.384 e. The normalized spacial score (nSPS) is 12.4. The second-order valence-electron chi connectivity index (χ2n) is 4.92. The molecule has 0 radical (unpaired) electrons. The zero-order valence-electron chi connectivity index (χ0n) is 11.4. The van der Waals surface area contributed by atoms with Crippen LogP contribution in [0.5, 0.6) is 0 Å². The Morgan fingerprint density at radius 2 is 1.79 bits per heavy atom. The van der Waals surface area contributed by atoms with Crippen molar-refractivity contribution in [3.05, 3.63) is 70.5 Å². The van der Waals surface area contributed by atoms with E-state index in [9.17, 15) is 9.50 Å². The summed E-state index contributed by atoms with van der Waals surface area (Å²) in [7, 11) is 0. The van der Waals surface area contributed by atoms with Gasteiger partial charge >= 0.3 is 0 Å². The molecule has 2 rings (SSSR count). The highest BCUT2D eigenvalue weighted by molar-refractivity contribution is 5.34. The SMILES string of the molecule is CCCc1ccc(C(O)c2ccc(C)cc2F)cc1. The van der Waals surface area contributed by atoms with Gasteiger partial charge in [0.1, 0.15) is 11.9 Å². The third kappa shape index (κ3) is 3.21. The Bertz CT molecular complexity index is 546. The summed E-state index contributed by atoms with van der Waals surface area (Å²) in [6.07, 6.45) is 1.21. The van der Waals surface area contributed by atoms with E-state index in [-0.39, 0.29) is 5.82 Å². The first-order valence-corrected chi connectivity index (χ1v) is 6.64. The van der Waals surface area contributed by atoms with Crippen molar-refractivity contribution in [1.82, 2.24) is 0 Å². The molecule has 19 heavy (non-hydrogen) atoms. The van der Waals surface area contributed by atoms with E-state index >= 15 is 0 Å². The summed E-state index contributed by atoms with van der Waals surface area (Å²) in [5.41, 5.74) is 3.14. The van der Waals surface area contributed by atoms with Crippen LogP contribution in [0.15, 0.2) is 42.5 Å². The Balaban J connectivity index is 2.25. The molecule has 100 valence electrons. The maximum absolute atomic E-state index is 13.8. The van der Waals surface area contributed by atoms with Crippen molar-refractivity contribution in [2.45, 2.75) is 32.8 Å². The molecule has 0 aliphatic carbocycles. The monoisotopic (exact) mass is 258 g/mol. The van der Waals surface area contributed by atoms with E-state index < -0.39 is 6.10 Å². The first-order chi connectivity index (χ1) is 9.11. The fourth-order valence-corrected chi connectivity index (χ4v) is 2.19. The molecule has 0 aliphatic rings. The van der Waals surface area contributed by atoms with Gasteiger partial charge in [-0.3, -0.25) is 0 Å². The van der Waals surface area contributed by atoms with Crippen LogP contribution >= 0.6 is 0 Å². The quantitative estimate of drug-likeness (QED) is 0.872. The topological polar surface area (TPSA) is 20.2 Å². The summed E-state index contributed by atoms with van der Waals surface area (Å²) in [4.78, 5) is 0. The molecule has 1 unspecified atom stereocenters. The van der Waals surface area contributed by atoms with Crippen LogP contribution in [0, 0.1) is 12.7 Å². The molecule has 0 amide bonds. The molecule has 0 aliphatic heterocycles. The van der Waals surface area contributed by atoms with Crippen molar-refractivity contribution < 1.29 is 9.50 Å². The van der Waals surface area contributed by atoms with E-state index in [1.165, 1.54) is 11.6 Å². The van der Waals surface area contributed by atoms with Crippen LogP contribution in [0.1, 0.15) is 41.7 Å². The van der Waals surface area contributed by atoms with Gasteiger partial charge in [-0.25, -0.2) is 4.39 Å². The third-order valence-corrected chi connectivity index (χ3v) is 3.28. The van der Waals surface area contributed by atoms with E-state index in [2.05, 4.69) is 6.92 Å². The molecule has 0 fully saturated rings. The molecule has 0 saturated heterocycles. The third-order valence-electron chi connectivity index (χ3n) is 3.28. The van der Waals surface area contributed by atoms with Gasteiger partial charge in [-0.1, -0.05) is 49.7 Å². The Kier molecular flexibility index (Phi) is 4.33. The number of rotatable bonds is 4. The molecule has 2 heteroatoms. The van der Waals surface area contributed by atoms with Crippen molar-refractivity contribution in [3.8, 4) is 0 Å². The Hall–Kier alpha value is -1.67. The van der Waals surface area contributed by atoms with Gasteiger partial charge in [-0.15, -0.1) is 0 Å². The Morgan fingerprint density at radius 1 is 1.11 bits per heavy atom. The molecular weight excluding hydrogens is 239 g/mol. The molecule has 1 nitrogen and oxygen atoms in total. The van der Waals surface area contributed by atoms with Gasteiger partial charge < -0.3 is 5.11 Å². The lowest BCUT2D eigenvalue weighted by Gasteiger charge is -2.13. The molecular formula is C17H19FO. The van der Waals surface area contributed by atoms with E-state index in [1.54, 1.807) is 6.07 Å². The van der Waals surface area contributed by atoms with Gasteiger partial charge in [-0.05, 0) is 36.1 Å². The molecule has 0 bridgehead atoms. The fraction of sp³-hybridized carbons (Fsp3) is 0.294. The number of aryl methyl sites for hydroxylation is 2. The highest BCUT2D eigenvalue weighted by atomic mass is 19.1. The number of benzene rings is 2. The van der Waals surface area contributed by atoms with E-state index in [1.807, 2.05) is 37.3 Å². The molecule has 0 heterocycles. The van der Waals surface area contributed by atoms with Crippen molar-refractivity contribution in [1.29, 1.82) is 0 Å². The average Bonchev–Trinajstić information content (AvgIpc) is 2.39. The first kappa shape index (κ1) is 13.8. The van der Waals surface area contributed by atoms with E-state index in [0.717, 1.165) is 24.0 Å². The predicted molar refractivity (Wildman–Crippen MR) is 75.6 cm³/mol. The molecule has 0 saturated carbocycles. The molecule has 1 N–H and O–H groups in total. The minimum absolute atomic E-state index is 0.328.